The molecule has 0 N–H and O–H groups in total. The Kier molecular flexibility index (Phi) is 5.56. The highest BCUT2D eigenvalue weighted by atomic mass is 32.2. The van der Waals surface area contributed by atoms with Gasteiger partial charge in [0.1, 0.15) is 11.5 Å². The Hall–Kier alpha value is -1.62. The van der Waals surface area contributed by atoms with Crippen LogP contribution in [0.5, 0.6) is 0 Å². The van der Waals surface area contributed by atoms with Gasteiger partial charge in [-0.3, -0.25) is 4.98 Å². The summed E-state index contributed by atoms with van der Waals surface area (Å²) >= 11 is 1.85. The number of hydrogen-bond acceptors (Lipinski definition) is 5. The molecule has 0 spiro atoms. The third-order valence-corrected chi connectivity index (χ3v) is 4.27. The molecule has 0 aromatic carbocycles. The Morgan fingerprint density at radius 1 is 1.29 bits per heavy atom. The zero-order chi connectivity index (χ0) is 15.2. The first-order valence-corrected chi connectivity index (χ1v) is 8.56. The van der Waals surface area contributed by atoms with Crippen LogP contribution < -0.4 is 4.90 Å². The molecule has 0 aliphatic carbocycles. The van der Waals surface area contributed by atoms with Crippen LogP contribution in [0.15, 0.2) is 30.5 Å². The Bertz CT molecular complexity index is 574. The maximum Gasteiger partial charge on any atom is 0.180 e. The van der Waals surface area contributed by atoms with Crippen LogP contribution in [-0.4, -0.2) is 40.1 Å². The molecule has 0 aliphatic heterocycles. The van der Waals surface area contributed by atoms with Crippen molar-refractivity contribution in [3.05, 3.63) is 36.2 Å². The standard InChI is InChI=1S/C16H22N4S/c1-5-13-10-15(20(3)12(2)11-21-4)19-16(18-13)14-8-6-7-9-17-14/h6-10,12H,5,11H2,1-4H3. The number of aromatic nitrogens is 3. The van der Waals surface area contributed by atoms with Gasteiger partial charge in [0, 0.05) is 36.8 Å². The molecule has 2 heterocycles. The SMILES string of the molecule is CCc1cc(N(C)C(C)CSC)nc(-c2ccccn2)n1. The van der Waals surface area contributed by atoms with Crippen molar-refractivity contribution in [3.63, 3.8) is 0 Å². The third-order valence-electron chi connectivity index (χ3n) is 3.45. The summed E-state index contributed by atoms with van der Waals surface area (Å²) in [5.74, 6) is 2.73. The average Bonchev–Trinajstić information content (AvgIpc) is 2.54. The van der Waals surface area contributed by atoms with Gasteiger partial charge in [-0.05, 0) is 31.7 Å². The Morgan fingerprint density at radius 2 is 2.10 bits per heavy atom. The Morgan fingerprint density at radius 3 is 2.71 bits per heavy atom. The fourth-order valence-corrected chi connectivity index (χ4v) is 2.74. The van der Waals surface area contributed by atoms with Crippen LogP contribution in [0.3, 0.4) is 0 Å². The van der Waals surface area contributed by atoms with Gasteiger partial charge >= 0.3 is 0 Å². The molecule has 0 fully saturated rings. The lowest BCUT2D eigenvalue weighted by atomic mass is 10.2. The summed E-state index contributed by atoms with van der Waals surface area (Å²) in [5.41, 5.74) is 1.86. The normalized spacial score (nSPS) is 12.2. The zero-order valence-corrected chi connectivity index (χ0v) is 13.9. The fraction of sp³-hybridized carbons (Fsp3) is 0.438. The summed E-state index contributed by atoms with van der Waals surface area (Å²) in [6, 6.07) is 8.31. The fourth-order valence-electron chi connectivity index (χ4n) is 2.03. The van der Waals surface area contributed by atoms with E-state index in [0.717, 1.165) is 29.4 Å². The quantitative estimate of drug-likeness (QED) is 0.819. The molecule has 1 unspecified atom stereocenters. The molecule has 0 radical (unpaired) electrons. The first kappa shape index (κ1) is 15.8. The van der Waals surface area contributed by atoms with Crippen molar-refractivity contribution in [2.75, 3.05) is 24.0 Å². The predicted molar refractivity (Wildman–Crippen MR) is 90.9 cm³/mol. The lowest BCUT2D eigenvalue weighted by molar-refractivity contribution is 0.750. The van der Waals surface area contributed by atoms with E-state index in [1.54, 1.807) is 6.20 Å². The maximum absolute atomic E-state index is 4.70. The number of hydrogen-bond donors (Lipinski definition) is 0. The molecular formula is C16H22N4S. The van der Waals surface area contributed by atoms with E-state index in [1.165, 1.54) is 0 Å². The smallest absolute Gasteiger partial charge is 0.180 e. The molecule has 0 bridgehead atoms. The van der Waals surface area contributed by atoms with Crippen molar-refractivity contribution in [2.24, 2.45) is 0 Å². The van der Waals surface area contributed by atoms with E-state index in [4.69, 9.17) is 4.98 Å². The van der Waals surface area contributed by atoms with E-state index in [9.17, 15) is 0 Å². The lowest BCUT2D eigenvalue weighted by Gasteiger charge is -2.26. The minimum absolute atomic E-state index is 0.427. The predicted octanol–water partition coefficient (Wildman–Crippen LogP) is 3.29. The molecule has 112 valence electrons. The molecular weight excluding hydrogens is 280 g/mol. The average molecular weight is 302 g/mol. The minimum Gasteiger partial charge on any atom is -0.356 e. The summed E-state index contributed by atoms with van der Waals surface area (Å²) < 4.78 is 0. The van der Waals surface area contributed by atoms with Crippen molar-refractivity contribution in [1.29, 1.82) is 0 Å². The van der Waals surface area contributed by atoms with E-state index in [1.807, 2.05) is 30.0 Å². The molecule has 2 rings (SSSR count). The van der Waals surface area contributed by atoms with E-state index in [2.05, 4.69) is 48.1 Å². The van der Waals surface area contributed by atoms with E-state index in [-0.39, 0.29) is 0 Å². The molecule has 0 amide bonds. The van der Waals surface area contributed by atoms with Crippen LogP contribution in [0.25, 0.3) is 11.5 Å². The van der Waals surface area contributed by atoms with E-state index < -0.39 is 0 Å². The monoisotopic (exact) mass is 302 g/mol. The molecule has 0 saturated carbocycles. The summed E-state index contributed by atoms with van der Waals surface area (Å²) in [7, 11) is 2.09. The van der Waals surface area contributed by atoms with Gasteiger partial charge in [-0.2, -0.15) is 11.8 Å². The maximum atomic E-state index is 4.70. The molecule has 21 heavy (non-hydrogen) atoms. The van der Waals surface area contributed by atoms with Gasteiger partial charge in [-0.25, -0.2) is 9.97 Å². The second-order valence-electron chi connectivity index (χ2n) is 5.02. The number of rotatable bonds is 6. The van der Waals surface area contributed by atoms with Crippen LogP contribution in [-0.2, 0) is 6.42 Å². The minimum atomic E-state index is 0.427. The number of anilines is 1. The van der Waals surface area contributed by atoms with Gasteiger partial charge in [0.25, 0.3) is 0 Å². The van der Waals surface area contributed by atoms with Gasteiger partial charge in [-0.15, -0.1) is 0 Å². The van der Waals surface area contributed by atoms with Gasteiger partial charge in [0.2, 0.25) is 0 Å². The molecule has 2 aromatic rings. The van der Waals surface area contributed by atoms with Crippen molar-refractivity contribution in [3.8, 4) is 11.5 Å². The second-order valence-corrected chi connectivity index (χ2v) is 5.94. The summed E-state index contributed by atoms with van der Waals surface area (Å²) in [4.78, 5) is 15.9. The Labute approximate surface area is 131 Å². The van der Waals surface area contributed by atoms with Crippen LogP contribution in [0, 0.1) is 0 Å². The highest BCUT2D eigenvalue weighted by Crippen LogP contribution is 2.20. The van der Waals surface area contributed by atoms with Crippen molar-refractivity contribution < 1.29 is 0 Å². The molecule has 5 heteroatoms. The number of nitrogens with zero attached hydrogens (tertiary/aromatic N) is 4. The van der Waals surface area contributed by atoms with Crippen LogP contribution in [0.4, 0.5) is 5.82 Å². The molecule has 0 saturated heterocycles. The van der Waals surface area contributed by atoms with E-state index in [0.29, 0.717) is 11.9 Å². The summed E-state index contributed by atoms with van der Waals surface area (Å²) in [5, 5.41) is 0. The molecule has 0 aliphatic rings. The van der Waals surface area contributed by atoms with Crippen LogP contribution in [0.1, 0.15) is 19.5 Å². The van der Waals surface area contributed by atoms with Gasteiger partial charge in [0.05, 0.1) is 0 Å². The van der Waals surface area contributed by atoms with Crippen LogP contribution in [0.2, 0.25) is 0 Å². The van der Waals surface area contributed by atoms with Gasteiger partial charge in [0.15, 0.2) is 5.82 Å². The van der Waals surface area contributed by atoms with Crippen molar-refractivity contribution in [2.45, 2.75) is 26.3 Å². The number of pyridine rings is 1. The largest absolute Gasteiger partial charge is 0.356 e. The first-order valence-electron chi connectivity index (χ1n) is 7.16. The van der Waals surface area contributed by atoms with Crippen molar-refractivity contribution >= 4 is 17.6 Å². The molecule has 4 nitrogen and oxygen atoms in total. The molecule has 2 aromatic heterocycles. The zero-order valence-electron chi connectivity index (χ0n) is 13.1. The van der Waals surface area contributed by atoms with Gasteiger partial charge < -0.3 is 4.90 Å². The summed E-state index contributed by atoms with van der Waals surface area (Å²) in [6.07, 6.45) is 4.79. The van der Waals surface area contributed by atoms with Gasteiger partial charge in [-0.1, -0.05) is 13.0 Å². The number of thioether (sulfide) groups is 1. The van der Waals surface area contributed by atoms with E-state index >= 15 is 0 Å². The van der Waals surface area contributed by atoms with Crippen molar-refractivity contribution in [1.82, 2.24) is 15.0 Å². The first-order chi connectivity index (χ1) is 10.2. The molecule has 1 atom stereocenters. The highest BCUT2D eigenvalue weighted by Gasteiger charge is 2.14. The lowest BCUT2D eigenvalue weighted by Crippen LogP contribution is -2.31. The second kappa shape index (κ2) is 7.41. The van der Waals surface area contributed by atoms with Crippen LogP contribution >= 0.6 is 11.8 Å². The third kappa shape index (κ3) is 3.94. The highest BCUT2D eigenvalue weighted by molar-refractivity contribution is 7.98. The topological polar surface area (TPSA) is 41.9 Å². The summed E-state index contributed by atoms with van der Waals surface area (Å²) in [6.45, 7) is 4.32. The Balaban J connectivity index is 2.38. The number of aryl methyl sites for hydroxylation is 1.